The average molecular weight is 386 g/mol. The standard InChI is InChI=1S/C21H22O7/c1-3-25-19(22)13-27-17-9-5-15(6-10-17)21(24)16-7-11-18(12-8-16)28-14-20(23)26-4-2/h5-12H,3-4,13-14H2,1-2H3. The summed E-state index contributed by atoms with van der Waals surface area (Å²) in [6, 6.07) is 12.9. The molecular weight excluding hydrogens is 364 g/mol. The molecule has 28 heavy (non-hydrogen) atoms. The van der Waals surface area contributed by atoms with Gasteiger partial charge in [0.2, 0.25) is 0 Å². The molecule has 2 aromatic carbocycles. The van der Waals surface area contributed by atoms with Crippen molar-refractivity contribution in [2.24, 2.45) is 0 Å². The van der Waals surface area contributed by atoms with Gasteiger partial charge in [0, 0.05) is 11.1 Å². The number of carbonyl (C=O) groups excluding carboxylic acids is 3. The van der Waals surface area contributed by atoms with Crippen LogP contribution >= 0.6 is 0 Å². The normalized spacial score (nSPS) is 10.1. The van der Waals surface area contributed by atoms with Gasteiger partial charge in [-0.3, -0.25) is 4.79 Å². The predicted molar refractivity (Wildman–Crippen MR) is 101 cm³/mol. The zero-order chi connectivity index (χ0) is 20.4. The quantitative estimate of drug-likeness (QED) is 0.458. The molecule has 0 atom stereocenters. The van der Waals surface area contributed by atoms with Gasteiger partial charge in [-0.1, -0.05) is 0 Å². The monoisotopic (exact) mass is 386 g/mol. The van der Waals surface area contributed by atoms with Gasteiger partial charge in [0.15, 0.2) is 19.0 Å². The van der Waals surface area contributed by atoms with Crippen LogP contribution in [0.3, 0.4) is 0 Å². The van der Waals surface area contributed by atoms with Gasteiger partial charge in [-0.05, 0) is 62.4 Å². The number of rotatable bonds is 10. The molecule has 0 aliphatic heterocycles. The molecule has 0 aliphatic carbocycles. The molecule has 0 aromatic heterocycles. The number of carbonyl (C=O) groups is 3. The maximum Gasteiger partial charge on any atom is 0.344 e. The molecule has 0 unspecified atom stereocenters. The minimum atomic E-state index is -0.451. The lowest BCUT2D eigenvalue weighted by molar-refractivity contribution is -0.146. The van der Waals surface area contributed by atoms with Crippen molar-refractivity contribution in [3.63, 3.8) is 0 Å². The van der Waals surface area contributed by atoms with Crippen LogP contribution in [0, 0.1) is 0 Å². The van der Waals surface area contributed by atoms with Crippen molar-refractivity contribution in [2.75, 3.05) is 26.4 Å². The van der Waals surface area contributed by atoms with Crippen LogP contribution < -0.4 is 9.47 Å². The number of hydrogen-bond acceptors (Lipinski definition) is 7. The van der Waals surface area contributed by atoms with Crippen LogP contribution in [0.2, 0.25) is 0 Å². The highest BCUT2D eigenvalue weighted by atomic mass is 16.6. The third-order valence-electron chi connectivity index (χ3n) is 3.56. The predicted octanol–water partition coefficient (Wildman–Crippen LogP) is 2.80. The second kappa shape index (κ2) is 10.7. The Morgan fingerprint density at radius 3 is 1.32 bits per heavy atom. The molecule has 0 heterocycles. The van der Waals surface area contributed by atoms with Gasteiger partial charge in [0.25, 0.3) is 0 Å². The van der Waals surface area contributed by atoms with Gasteiger partial charge in [-0.25, -0.2) is 9.59 Å². The van der Waals surface area contributed by atoms with Gasteiger partial charge in [0.1, 0.15) is 11.5 Å². The molecule has 148 valence electrons. The summed E-state index contributed by atoms with van der Waals surface area (Å²) in [6.07, 6.45) is 0. The second-order valence-corrected chi connectivity index (χ2v) is 5.57. The number of ketones is 1. The minimum absolute atomic E-state index is 0.172. The summed E-state index contributed by atoms with van der Waals surface area (Å²) in [6.45, 7) is 3.65. The van der Waals surface area contributed by atoms with E-state index in [1.165, 1.54) is 0 Å². The summed E-state index contributed by atoms with van der Waals surface area (Å²) in [5.74, 6) is -0.144. The van der Waals surface area contributed by atoms with Crippen molar-refractivity contribution in [3.05, 3.63) is 59.7 Å². The Labute approximate surface area is 163 Å². The molecule has 0 aliphatic rings. The smallest absolute Gasteiger partial charge is 0.344 e. The molecule has 0 spiro atoms. The minimum Gasteiger partial charge on any atom is -0.482 e. The Balaban J connectivity index is 1.92. The van der Waals surface area contributed by atoms with Gasteiger partial charge < -0.3 is 18.9 Å². The summed E-state index contributed by atoms with van der Waals surface area (Å²) in [7, 11) is 0. The van der Waals surface area contributed by atoms with E-state index in [0.717, 1.165) is 0 Å². The molecule has 0 saturated heterocycles. The van der Waals surface area contributed by atoms with Crippen LogP contribution in [-0.4, -0.2) is 44.1 Å². The van der Waals surface area contributed by atoms with E-state index in [4.69, 9.17) is 18.9 Å². The zero-order valence-corrected chi connectivity index (χ0v) is 15.8. The summed E-state index contributed by atoms with van der Waals surface area (Å²) < 4.78 is 20.2. The zero-order valence-electron chi connectivity index (χ0n) is 15.8. The lowest BCUT2D eigenvalue weighted by Gasteiger charge is -2.08. The van der Waals surface area contributed by atoms with Crippen molar-refractivity contribution in [3.8, 4) is 11.5 Å². The molecule has 0 radical (unpaired) electrons. The topological polar surface area (TPSA) is 88.1 Å². The third-order valence-corrected chi connectivity index (χ3v) is 3.56. The molecule has 7 heteroatoms. The Bertz CT molecular complexity index is 727. The third kappa shape index (κ3) is 6.42. The van der Waals surface area contributed by atoms with Crippen molar-refractivity contribution >= 4 is 17.7 Å². The molecule has 0 amide bonds. The highest BCUT2D eigenvalue weighted by Crippen LogP contribution is 2.18. The van der Waals surface area contributed by atoms with E-state index in [-0.39, 0.29) is 19.0 Å². The number of esters is 2. The fourth-order valence-electron chi connectivity index (χ4n) is 2.26. The lowest BCUT2D eigenvalue weighted by Crippen LogP contribution is -2.14. The SMILES string of the molecule is CCOC(=O)COc1ccc(C(=O)c2ccc(OCC(=O)OCC)cc2)cc1. The molecule has 0 saturated carbocycles. The molecular formula is C21H22O7. The van der Waals surface area contributed by atoms with Gasteiger partial charge in [-0.2, -0.15) is 0 Å². The van der Waals surface area contributed by atoms with Crippen molar-refractivity contribution < 1.29 is 33.3 Å². The highest BCUT2D eigenvalue weighted by molar-refractivity contribution is 6.09. The van der Waals surface area contributed by atoms with Crippen LogP contribution in [0.1, 0.15) is 29.8 Å². The Hall–Kier alpha value is -3.35. The van der Waals surface area contributed by atoms with E-state index < -0.39 is 11.9 Å². The number of ether oxygens (including phenoxy) is 4. The molecule has 0 fully saturated rings. The number of benzene rings is 2. The Kier molecular flexibility index (Phi) is 8.02. The van der Waals surface area contributed by atoms with Crippen LogP contribution in [-0.2, 0) is 19.1 Å². The highest BCUT2D eigenvalue weighted by Gasteiger charge is 2.11. The summed E-state index contributed by atoms with van der Waals surface area (Å²) >= 11 is 0. The van der Waals surface area contributed by atoms with E-state index in [1.54, 1.807) is 62.4 Å². The fourth-order valence-corrected chi connectivity index (χ4v) is 2.26. The lowest BCUT2D eigenvalue weighted by atomic mass is 10.0. The molecule has 0 N–H and O–H groups in total. The molecule has 2 aromatic rings. The van der Waals surface area contributed by atoms with E-state index in [0.29, 0.717) is 35.8 Å². The van der Waals surface area contributed by atoms with Crippen molar-refractivity contribution in [2.45, 2.75) is 13.8 Å². The first-order chi connectivity index (χ1) is 13.5. The van der Waals surface area contributed by atoms with Gasteiger partial charge >= 0.3 is 11.9 Å². The molecule has 7 nitrogen and oxygen atoms in total. The largest absolute Gasteiger partial charge is 0.482 e. The van der Waals surface area contributed by atoms with Gasteiger partial charge in [-0.15, -0.1) is 0 Å². The van der Waals surface area contributed by atoms with E-state index in [1.807, 2.05) is 0 Å². The first-order valence-corrected chi connectivity index (χ1v) is 8.85. The fraction of sp³-hybridized carbons (Fsp3) is 0.286. The van der Waals surface area contributed by atoms with E-state index >= 15 is 0 Å². The first kappa shape index (κ1) is 21.0. The van der Waals surface area contributed by atoms with E-state index in [2.05, 4.69) is 0 Å². The van der Waals surface area contributed by atoms with Crippen LogP contribution in [0.4, 0.5) is 0 Å². The molecule has 2 rings (SSSR count). The van der Waals surface area contributed by atoms with Crippen LogP contribution in [0.15, 0.2) is 48.5 Å². The van der Waals surface area contributed by atoms with Crippen LogP contribution in [0.5, 0.6) is 11.5 Å². The van der Waals surface area contributed by atoms with Crippen molar-refractivity contribution in [1.82, 2.24) is 0 Å². The van der Waals surface area contributed by atoms with Crippen molar-refractivity contribution in [1.29, 1.82) is 0 Å². The van der Waals surface area contributed by atoms with E-state index in [9.17, 15) is 14.4 Å². The average Bonchev–Trinajstić information content (AvgIpc) is 2.71. The maximum atomic E-state index is 12.5. The summed E-state index contributed by atoms with van der Waals surface area (Å²) in [5.41, 5.74) is 0.951. The summed E-state index contributed by atoms with van der Waals surface area (Å²) in [5, 5.41) is 0. The first-order valence-electron chi connectivity index (χ1n) is 8.85. The van der Waals surface area contributed by atoms with Gasteiger partial charge in [0.05, 0.1) is 13.2 Å². The maximum absolute atomic E-state index is 12.5. The Morgan fingerprint density at radius 1 is 0.643 bits per heavy atom. The summed E-state index contributed by atoms with van der Waals surface area (Å²) in [4.78, 5) is 35.1. The Morgan fingerprint density at radius 2 is 1.00 bits per heavy atom. The van der Waals surface area contributed by atoms with Crippen LogP contribution in [0.25, 0.3) is 0 Å². The number of hydrogen-bond donors (Lipinski definition) is 0. The second-order valence-electron chi connectivity index (χ2n) is 5.57. The molecule has 0 bridgehead atoms.